The van der Waals surface area contributed by atoms with E-state index >= 15 is 0 Å². The minimum atomic E-state index is -0.372. The van der Waals surface area contributed by atoms with Crippen LogP contribution in [0.25, 0.3) is 0 Å². The molecule has 0 heterocycles. The summed E-state index contributed by atoms with van der Waals surface area (Å²) in [6.07, 6.45) is 4.77. The van der Waals surface area contributed by atoms with Crippen LogP contribution in [0, 0.1) is 0 Å². The summed E-state index contributed by atoms with van der Waals surface area (Å²) >= 11 is 1.76. The van der Waals surface area contributed by atoms with Crippen molar-refractivity contribution in [2.75, 3.05) is 0 Å². The van der Waals surface area contributed by atoms with Crippen LogP contribution in [0.1, 0.15) is 19.3 Å². The van der Waals surface area contributed by atoms with Gasteiger partial charge in [0.25, 0.3) is 5.91 Å². The van der Waals surface area contributed by atoms with E-state index in [-0.39, 0.29) is 5.91 Å². The molecule has 4 heteroatoms. The Hall–Kier alpha value is -1.26. The fourth-order valence-corrected chi connectivity index (χ4v) is 3.09. The number of carbonyl (C=O) groups is 1. The van der Waals surface area contributed by atoms with E-state index in [2.05, 4.69) is 12.1 Å². The van der Waals surface area contributed by atoms with Gasteiger partial charge in [-0.3, -0.25) is 10.0 Å². The highest BCUT2D eigenvalue weighted by molar-refractivity contribution is 8.00. The molecule has 2 N–H and O–H groups in total. The third kappa shape index (κ3) is 3.35. The number of rotatable bonds is 3. The number of hydrogen-bond acceptors (Lipinski definition) is 3. The molecule has 0 spiro atoms. The fraction of sp³-hybridized carbons (Fsp3) is 0.308. The van der Waals surface area contributed by atoms with Gasteiger partial charge in [-0.2, -0.15) is 0 Å². The molecule has 1 unspecified atom stereocenters. The highest BCUT2D eigenvalue weighted by Gasteiger charge is 2.18. The van der Waals surface area contributed by atoms with E-state index in [1.165, 1.54) is 4.90 Å². The van der Waals surface area contributed by atoms with Crippen molar-refractivity contribution < 1.29 is 10.0 Å². The van der Waals surface area contributed by atoms with Crippen LogP contribution in [0.5, 0.6) is 0 Å². The SMILES string of the molecule is O=C(NO)C1=CC(Sc2ccccc2)CCC1. The predicted octanol–water partition coefficient (Wildman–Crippen LogP) is 2.76. The topological polar surface area (TPSA) is 49.3 Å². The van der Waals surface area contributed by atoms with Crippen LogP contribution >= 0.6 is 11.8 Å². The Morgan fingerprint density at radius 1 is 1.35 bits per heavy atom. The van der Waals surface area contributed by atoms with E-state index in [9.17, 15) is 4.79 Å². The second-order valence-corrected chi connectivity index (χ2v) is 5.31. The highest BCUT2D eigenvalue weighted by atomic mass is 32.2. The molecule has 1 aliphatic rings. The van der Waals surface area contributed by atoms with Crippen LogP contribution in [0.2, 0.25) is 0 Å². The summed E-state index contributed by atoms with van der Waals surface area (Å²) < 4.78 is 0. The van der Waals surface area contributed by atoms with Gasteiger partial charge in [-0.25, -0.2) is 5.48 Å². The Balaban J connectivity index is 2.04. The van der Waals surface area contributed by atoms with E-state index in [0.29, 0.717) is 10.8 Å². The van der Waals surface area contributed by atoms with E-state index in [1.54, 1.807) is 17.2 Å². The molecule has 0 radical (unpaired) electrons. The summed E-state index contributed by atoms with van der Waals surface area (Å²) in [5, 5.41) is 8.93. The largest absolute Gasteiger partial charge is 0.288 e. The van der Waals surface area contributed by atoms with Crippen molar-refractivity contribution >= 4 is 17.7 Å². The monoisotopic (exact) mass is 249 g/mol. The zero-order valence-corrected chi connectivity index (χ0v) is 10.2. The molecule has 2 rings (SSSR count). The number of amides is 1. The number of nitrogens with one attached hydrogen (secondary N) is 1. The van der Waals surface area contributed by atoms with E-state index in [1.807, 2.05) is 24.3 Å². The summed E-state index contributed by atoms with van der Waals surface area (Å²) in [4.78, 5) is 12.5. The molecule has 0 aliphatic heterocycles. The molecular formula is C13H15NO2S. The van der Waals surface area contributed by atoms with Crippen LogP contribution in [0.15, 0.2) is 46.9 Å². The van der Waals surface area contributed by atoms with Gasteiger partial charge in [-0.1, -0.05) is 24.3 Å². The zero-order valence-electron chi connectivity index (χ0n) is 9.43. The van der Waals surface area contributed by atoms with Crippen molar-refractivity contribution in [1.82, 2.24) is 5.48 Å². The smallest absolute Gasteiger partial charge is 0.270 e. The van der Waals surface area contributed by atoms with Gasteiger partial charge in [0.2, 0.25) is 0 Å². The Morgan fingerprint density at radius 2 is 2.12 bits per heavy atom. The molecule has 1 aromatic rings. The summed E-state index contributed by atoms with van der Waals surface area (Å²) in [5.41, 5.74) is 2.39. The highest BCUT2D eigenvalue weighted by Crippen LogP contribution is 2.32. The van der Waals surface area contributed by atoms with Crippen LogP contribution in [0.4, 0.5) is 0 Å². The fourth-order valence-electron chi connectivity index (χ4n) is 1.91. The predicted molar refractivity (Wildman–Crippen MR) is 68.0 cm³/mol. The van der Waals surface area contributed by atoms with Gasteiger partial charge >= 0.3 is 0 Å². The van der Waals surface area contributed by atoms with Crippen molar-refractivity contribution in [3.8, 4) is 0 Å². The molecule has 1 amide bonds. The van der Waals surface area contributed by atoms with E-state index in [0.717, 1.165) is 19.3 Å². The van der Waals surface area contributed by atoms with Gasteiger partial charge in [0.1, 0.15) is 0 Å². The van der Waals surface area contributed by atoms with Gasteiger partial charge < -0.3 is 0 Å². The van der Waals surface area contributed by atoms with Crippen molar-refractivity contribution in [3.63, 3.8) is 0 Å². The lowest BCUT2D eigenvalue weighted by atomic mass is 9.99. The maximum atomic E-state index is 11.3. The Morgan fingerprint density at radius 3 is 2.82 bits per heavy atom. The summed E-state index contributed by atoms with van der Waals surface area (Å²) in [6, 6.07) is 10.1. The Bertz CT molecular complexity index is 417. The van der Waals surface area contributed by atoms with Crippen LogP contribution < -0.4 is 5.48 Å². The van der Waals surface area contributed by atoms with Crippen LogP contribution in [0.3, 0.4) is 0 Å². The summed E-state index contributed by atoms with van der Waals surface area (Å²) in [6.45, 7) is 0. The van der Waals surface area contributed by atoms with E-state index < -0.39 is 0 Å². The molecule has 3 nitrogen and oxygen atoms in total. The minimum Gasteiger partial charge on any atom is -0.288 e. The molecular weight excluding hydrogens is 234 g/mol. The lowest BCUT2D eigenvalue weighted by Gasteiger charge is -2.19. The standard InChI is InChI=1S/C13H15NO2S/c15-13(14-16)10-5-4-8-12(9-10)17-11-6-2-1-3-7-11/h1-3,6-7,9,12,16H,4-5,8H2,(H,14,15). The average Bonchev–Trinajstić information content (AvgIpc) is 2.39. The molecule has 1 aliphatic carbocycles. The first-order valence-electron chi connectivity index (χ1n) is 5.66. The third-order valence-electron chi connectivity index (χ3n) is 2.75. The molecule has 1 atom stereocenters. The quantitative estimate of drug-likeness (QED) is 0.639. The number of hydrogen-bond donors (Lipinski definition) is 2. The second-order valence-electron chi connectivity index (χ2n) is 3.99. The van der Waals surface area contributed by atoms with Crippen LogP contribution in [-0.2, 0) is 4.79 Å². The number of carbonyl (C=O) groups excluding carboxylic acids is 1. The Kier molecular flexibility index (Phi) is 4.23. The number of benzene rings is 1. The first kappa shape index (κ1) is 12.2. The molecule has 0 aromatic heterocycles. The number of thioether (sulfide) groups is 1. The maximum Gasteiger partial charge on any atom is 0.270 e. The van der Waals surface area contributed by atoms with Gasteiger partial charge in [-0.15, -0.1) is 11.8 Å². The average molecular weight is 249 g/mol. The zero-order chi connectivity index (χ0) is 12.1. The second kappa shape index (κ2) is 5.89. The molecule has 0 fully saturated rings. The van der Waals surface area contributed by atoms with Crippen molar-refractivity contribution in [2.45, 2.75) is 29.4 Å². The molecule has 1 aromatic carbocycles. The lowest BCUT2D eigenvalue weighted by Crippen LogP contribution is -2.23. The Labute approximate surface area is 105 Å². The van der Waals surface area contributed by atoms with Gasteiger partial charge in [-0.05, 0) is 31.4 Å². The van der Waals surface area contributed by atoms with Crippen LogP contribution in [-0.4, -0.2) is 16.4 Å². The molecule has 0 bridgehead atoms. The first-order valence-corrected chi connectivity index (χ1v) is 6.54. The molecule has 17 heavy (non-hydrogen) atoms. The molecule has 90 valence electrons. The minimum absolute atomic E-state index is 0.318. The third-order valence-corrected chi connectivity index (χ3v) is 3.96. The number of hydroxylamine groups is 1. The van der Waals surface area contributed by atoms with Gasteiger partial charge in [0.15, 0.2) is 0 Å². The van der Waals surface area contributed by atoms with Gasteiger partial charge in [0.05, 0.1) is 0 Å². The van der Waals surface area contributed by atoms with Crippen molar-refractivity contribution in [2.24, 2.45) is 0 Å². The lowest BCUT2D eigenvalue weighted by molar-refractivity contribution is -0.125. The van der Waals surface area contributed by atoms with E-state index in [4.69, 9.17) is 5.21 Å². The summed E-state index contributed by atoms with van der Waals surface area (Å²) in [5.74, 6) is -0.372. The first-order chi connectivity index (χ1) is 8.29. The van der Waals surface area contributed by atoms with Crippen molar-refractivity contribution in [1.29, 1.82) is 0 Å². The van der Waals surface area contributed by atoms with Crippen molar-refractivity contribution in [3.05, 3.63) is 42.0 Å². The molecule has 0 saturated heterocycles. The maximum absolute atomic E-state index is 11.3. The molecule has 0 saturated carbocycles. The normalized spacial score (nSPS) is 19.6. The summed E-state index contributed by atoms with van der Waals surface area (Å²) in [7, 11) is 0. The van der Waals surface area contributed by atoms with Gasteiger partial charge in [0, 0.05) is 15.7 Å².